The highest BCUT2D eigenvalue weighted by atomic mass is 79.9. The Kier molecular flexibility index (Phi) is 6.00. The summed E-state index contributed by atoms with van der Waals surface area (Å²) in [6, 6.07) is 6.06. The van der Waals surface area contributed by atoms with Crippen molar-refractivity contribution < 1.29 is 5.11 Å². The molecule has 0 aliphatic rings. The molecule has 1 rings (SSSR count). The summed E-state index contributed by atoms with van der Waals surface area (Å²) in [5.41, 5.74) is 2.16. The van der Waals surface area contributed by atoms with Gasteiger partial charge in [0.05, 0.1) is 12.3 Å². The van der Waals surface area contributed by atoms with E-state index in [2.05, 4.69) is 47.7 Å². The van der Waals surface area contributed by atoms with Crippen LogP contribution in [0, 0.1) is 5.92 Å². The highest BCUT2D eigenvalue weighted by molar-refractivity contribution is 9.10. The summed E-state index contributed by atoms with van der Waals surface area (Å²) in [6.45, 7) is 8.84. The van der Waals surface area contributed by atoms with Crippen LogP contribution >= 0.6 is 15.9 Å². The van der Waals surface area contributed by atoms with E-state index in [-0.39, 0.29) is 6.61 Å². The van der Waals surface area contributed by atoms with E-state index in [9.17, 15) is 0 Å². The minimum Gasteiger partial charge on any atom is -0.392 e. The molecule has 0 amide bonds. The molecule has 0 bridgehead atoms. The zero-order valence-electron chi connectivity index (χ0n) is 10.9. The Hall–Kier alpha value is -0.540. The number of aliphatic hydroxyl groups is 1. The highest BCUT2D eigenvalue weighted by Gasteiger charge is 2.11. The molecular weight excluding hydrogens is 278 g/mol. The number of anilines is 1. The Morgan fingerprint density at radius 2 is 2.06 bits per heavy atom. The van der Waals surface area contributed by atoms with E-state index >= 15 is 0 Å². The van der Waals surface area contributed by atoms with Crippen molar-refractivity contribution in [3.8, 4) is 0 Å². The fourth-order valence-corrected chi connectivity index (χ4v) is 2.49. The minimum absolute atomic E-state index is 0.0936. The summed E-state index contributed by atoms with van der Waals surface area (Å²) in [6.07, 6.45) is 1.20. The number of benzene rings is 1. The standard InChI is InChI=1S/C14H22BrNO/c1-4-11(3)9-16(5-2)14-7-6-12(10-17)8-13(14)15/h6-8,11,17H,4-5,9-10H2,1-3H3. The second-order valence-electron chi connectivity index (χ2n) is 4.50. The van der Waals surface area contributed by atoms with E-state index in [1.807, 2.05) is 12.1 Å². The predicted octanol–water partition coefficient (Wildman–Crippen LogP) is 3.81. The van der Waals surface area contributed by atoms with Crippen molar-refractivity contribution in [3.63, 3.8) is 0 Å². The Balaban J connectivity index is 2.88. The van der Waals surface area contributed by atoms with E-state index in [1.165, 1.54) is 12.1 Å². The second-order valence-corrected chi connectivity index (χ2v) is 5.35. The zero-order valence-corrected chi connectivity index (χ0v) is 12.5. The maximum Gasteiger partial charge on any atom is 0.0682 e. The van der Waals surface area contributed by atoms with Crippen molar-refractivity contribution in [2.24, 2.45) is 5.92 Å². The van der Waals surface area contributed by atoms with Gasteiger partial charge in [-0.1, -0.05) is 26.3 Å². The molecule has 0 aromatic heterocycles. The fraction of sp³-hybridized carbons (Fsp3) is 0.571. The number of halogens is 1. The van der Waals surface area contributed by atoms with Crippen molar-refractivity contribution in [3.05, 3.63) is 28.2 Å². The summed E-state index contributed by atoms with van der Waals surface area (Å²) in [7, 11) is 0. The molecule has 1 atom stereocenters. The second kappa shape index (κ2) is 7.02. The molecule has 17 heavy (non-hydrogen) atoms. The van der Waals surface area contributed by atoms with Gasteiger partial charge in [0.15, 0.2) is 0 Å². The molecule has 0 aliphatic heterocycles. The first-order valence-corrected chi connectivity index (χ1v) is 7.05. The van der Waals surface area contributed by atoms with Crippen LogP contribution in [0.25, 0.3) is 0 Å². The van der Waals surface area contributed by atoms with Crippen molar-refractivity contribution in [1.29, 1.82) is 0 Å². The van der Waals surface area contributed by atoms with E-state index in [0.717, 1.165) is 23.1 Å². The van der Waals surface area contributed by atoms with Gasteiger partial charge in [0, 0.05) is 17.6 Å². The first kappa shape index (κ1) is 14.5. The van der Waals surface area contributed by atoms with Gasteiger partial charge in [-0.15, -0.1) is 0 Å². The van der Waals surface area contributed by atoms with E-state index in [4.69, 9.17) is 5.11 Å². The first-order valence-electron chi connectivity index (χ1n) is 6.26. The van der Waals surface area contributed by atoms with Crippen molar-refractivity contribution in [2.45, 2.75) is 33.8 Å². The topological polar surface area (TPSA) is 23.5 Å². The lowest BCUT2D eigenvalue weighted by Crippen LogP contribution is -2.28. The average molecular weight is 300 g/mol. The SMILES string of the molecule is CCC(C)CN(CC)c1ccc(CO)cc1Br. The maximum absolute atomic E-state index is 9.10. The van der Waals surface area contributed by atoms with Crippen LogP contribution < -0.4 is 4.90 Å². The third-order valence-electron chi connectivity index (χ3n) is 3.15. The van der Waals surface area contributed by atoms with Gasteiger partial charge >= 0.3 is 0 Å². The van der Waals surface area contributed by atoms with Gasteiger partial charge in [0.1, 0.15) is 0 Å². The molecule has 0 aliphatic carbocycles. The van der Waals surface area contributed by atoms with Gasteiger partial charge in [0.25, 0.3) is 0 Å². The summed E-state index contributed by atoms with van der Waals surface area (Å²) in [4.78, 5) is 2.37. The van der Waals surface area contributed by atoms with Crippen LogP contribution in [0.3, 0.4) is 0 Å². The normalized spacial score (nSPS) is 12.5. The maximum atomic E-state index is 9.10. The lowest BCUT2D eigenvalue weighted by Gasteiger charge is -2.27. The predicted molar refractivity (Wildman–Crippen MR) is 77.4 cm³/mol. The molecule has 3 heteroatoms. The number of rotatable bonds is 6. The number of nitrogens with zero attached hydrogens (tertiary/aromatic N) is 1. The molecule has 0 radical (unpaired) electrons. The molecular formula is C14H22BrNO. The molecule has 0 saturated carbocycles. The van der Waals surface area contributed by atoms with Crippen LogP contribution in [0.15, 0.2) is 22.7 Å². The molecule has 2 nitrogen and oxygen atoms in total. The number of hydrogen-bond donors (Lipinski definition) is 1. The van der Waals surface area contributed by atoms with Crippen molar-refractivity contribution >= 4 is 21.6 Å². The van der Waals surface area contributed by atoms with Crippen molar-refractivity contribution in [1.82, 2.24) is 0 Å². The average Bonchev–Trinajstić information content (AvgIpc) is 2.35. The van der Waals surface area contributed by atoms with Crippen LogP contribution in [0.4, 0.5) is 5.69 Å². The third kappa shape index (κ3) is 4.00. The smallest absolute Gasteiger partial charge is 0.0682 e. The zero-order chi connectivity index (χ0) is 12.8. The Morgan fingerprint density at radius 3 is 2.53 bits per heavy atom. The number of aliphatic hydroxyl groups excluding tert-OH is 1. The molecule has 96 valence electrons. The summed E-state index contributed by atoms with van der Waals surface area (Å²) < 4.78 is 1.06. The molecule has 1 N–H and O–H groups in total. The lowest BCUT2D eigenvalue weighted by atomic mass is 10.1. The molecule has 0 spiro atoms. The molecule has 1 unspecified atom stereocenters. The Bertz CT molecular complexity index is 354. The molecule has 1 aromatic carbocycles. The van der Waals surface area contributed by atoms with Crippen molar-refractivity contribution in [2.75, 3.05) is 18.0 Å². The van der Waals surface area contributed by atoms with Crippen LogP contribution in [-0.2, 0) is 6.61 Å². The van der Waals surface area contributed by atoms with E-state index < -0.39 is 0 Å². The van der Waals surface area contributed by atoms with E-state index in [1.54, 1.807) is 0 Å². The molecule has 1 aromatic rings. The number of hydrogen-bond acceptors (Lipinski definition) is 2. The Labute approximate surface area is 113 Å². The van der Waals surface area contributed by atoms with Crippen LogP contribution in [0.5, 0.6) is 0 Å². The van der Waals surface area contributed by atoms with Gasteiger partial charge in [0.2, 0.25) is 0 Å². The van der Waals surface area contributed by atoms with Gasteiger partial charge in [-0.05, 0) is 46.5 Å². The largest absolute Gasteiger partial charge is 0.392 e. The van der Waals surface area contributed by atoms with Crippen LogP contribution in [0.2, 0.25) is 0 Å². The quantitative estimate of drug-likeness (QED) is 0.863. The summed E-state index contributed by atoms with van der Waals surface area (Å²) in [5, 5.41) is 9.10. The third-order valence-corrected chi connectivity index (χ3v) is 3.78. The minimum atomic E-state index is 0.0936. The first-order chi connectivity index (χ1) is 8.12. The molecule has 0 fully saturated rings. The van der Waals surface area contributed by atoms with Gasteiger partial charge < -0.3 is 10.0 Å². The van der Waals surface area contributed by atoms with Crippen LogP contribution in [-0.4, -0.2) is 18.2 Å². The monoisotopic (exact) mass is 299 g/mol. The molecule has 0 heterocycles. The van der Waals surface area contributed by atoms with Gasteiger partial charge in [-0.25, -0.2) is 0 Å². The fourth-order valence-electron chi connectivity index (χ4n) is 1.81. The van der Waals surface area contributed by atoms with Crippen LogP contribution in [0.1, 0.15) is 32.8 Å². The highest BCUT2D eigenvalue weighted by Crippen LogP contribution is 2.28. The molecule has 0 saturated heterocycles. The summed E-state index contributed by atoms with van der Waals surface area (Å²) in [5.74, 6) is 0.694. The van der Waals surface area contributed by atoms with Gasteiger partial charge in [-0.2, -0.15) is 0 Å². The lowest BCUT2D eigenvalue weighted by molar-refractivity contribution is 0.282. The summed E-state index contributed by atoms with van der Waals surface area (Å²) >= 11 is 3.59. The van der Waals surface area contributed by atoms with Gasteiger partial charge in [-0.3, -0.25) is 0 Å². The van der Waals surface area contributed by atoms with E-state index in [0.29, 0.717) is 5.92 Å². The Morgan fingerprint density at radius 1 is 1.35 bits per heavy atom.